The third-order valence-electron chi connectivity index (χ3n) is 2.82. The number of hydrogen-bond donors (Lipinski definition) is 1. The Morgan fingerprint density at radius 3 is 2.04 bits per heavy atom. The van der Waals surface area contributed by atoms with Crippen LogP contribution in [0.15, 0.2) is 107 Å². The molecule has 1 amide bonds. The van der Waals surface area contributed by atoms with E-state index >= 15 is 0 Å². The summed E-state index contributed by atoms with van der Waals surface area (Å²) < 4.78 is 4.55. The average molecular weight is 399 g/mol. The van der Waals surface area contributed by atoms with Gasteiger partial charge in [0.15, 0.2) is 0 Å². The maximum atomic E-state index is 9.85. The van der Waals surface area contributed by atoms with Crippen molar-refractivity contribution in [3.05, 3.63) is 97.4 Å². The first-order valence-corrected chi connectivity index (χ1v) is 10.3. The van der Waals surface area contributed by atoms with E-state index in [0.29, 0.717) is 6.41 Å². The fourth-order valence-corrected chi connectivity index (χ4v) is 3.02. The number of rotatable bonds is 5. The molecular weight excluding hydrogens is 372 g/mol. The number of nitrogens with zero attached hydrogens (tertiary/aromatic N) is 1. The number of nitrogens with one attached hydrogen (secondary N) is 1. The van der Waals surface area contributed by atoms with Crippen LogP contribution >= 0.6 is 23.9 Å². The SMILES string of the molecule is C=C1C=CC=CN1Sc1ccccc1.CCC.O=CNSc1ccccc1. The van der Waals surface area contributed by atoms with Crippen LogP contribution in [0.1, 0.15) is 20.3 Å². The number of benzene rings is 2. The number of amides is 1. The molecule has 1 aliphatic heterocycles. The van der Waals surface area contributed by atoms with Gasteiger partial charge in [-0.25, -0.2) is 0 Å². The Morgan fingerprint density at radius 2 is 1.52 bits per heavy atom. The van der Waals surface area contributed by atoms with E-state index in [1.807, 2.05) is 73.0 Å². The van der Waals surface area contributed by atoms with E-state index in [4.69, 9.17) is 0 Å². The van der Waals surface area contributed by atoms with Gasteiger partial charge in [-0.2, -0.15) is 0 Å². The van der Waals surface area contributed by atoms with Gasteiger partial charge >= 0.3 is 0 Å². The van der Waals surface area contributed by atoms with Gasteiger partial charge in [-0.15, -0.1) is 0 Å². The Kier molecular flexibility index (Phi) is 12.4. The van der Waals surface area contributed by atoms with Crippen LogP contribution < -0.4 is 4.72 Å². The van der Waals surface area contributed by atoms with Crippen molar-refractivity contribution in [3.63, 3.8) is 0 Å². The highest BCUT2D eigenvalue weighted by atomic mass is 32.2. The summed E-state index contributed by atoms with van der Waals surface area (Å²) in [5.74, 6) is 0. The molecule has 0 unspecified atom stereocenters. The third-order valence-corrected chi connectivity index (χ3v) is 4.58. The second kappa shape index (κ2) is 14.8. The lowest BCUT2D eigenvalue weighted by Crippen LogP contribution is -2.06. The monoisotopic (exact) mass is 398 g/mol. The molecule has 0 aliphatic carbocycles. The first-order valence-electron chi connectivity index (χ1n) is 8.68. The molecule has 0 atom stereocenters. The van der Waals surface area contributed by atoms with Crippen LogP contribution in [0.4, 0.5) is 0 Å². The highest BCUT2D eigenvalue weighted by Gasteiger charge is 2.05. The molecule has 0 spiro atoms. The quantitative estimate of drug-likeness (QED) is 0.463. The minimum absolute atomic E-state index is 0.664. The highest BCUT2D eigenvalue weighted by molar-refractivity contribution is 7.98. The zero-order valence-corrected chi connectivity index (χ0v) is 17.4. The summed E-state index contributed by atoms with van der Waals surface area (Å²) in [6, 6.07) is 19.9. The molecule has 3 nitrogen and oxygen atoms in total. The molecule has 142 valence electrons. The van der Waals surface area contributed by atoms with Crippen molar-refractivity contribution in [2.75, 3.05) is 0 Å². The molecule has 0 radical (unpaired) electrons. The summed E-state index contributed by atoms with van der Waals surface area (Å²) in [5, 5.41) is 0. The second-order valence-electron chi connectivity index (χ2n) is 5.28. The highest BCUT2D eigenvalue weighted by Crippen LogP contribution is 2.27. The van der Waals surface area contributed by atoms with Crippen molar-refractivity contribution in [3.8, 4) is 0 Å². The van der Waals surface area contributed by atoms with Crippen molar-refractivity contribution in [2.24, 2.45) is 0 Å². The van der Waals surface area contributed by atoms with Crippen LogP contribution in [0, 0.1) is 0 Å². The standard InChI is InChI=1S/C12H11NS.C7H7NOS.C3H8/c1-11-7-5-6-10-13(11)14-12-8-3-2-4-9-12;9-6-8-10-7-4-2-1-3-5-7;1-3-2/h2-10H,1H2;1-6H,(H,8,9);3H2,1-2H3. The van der Waals surface area contributed by atoms with E-state index in [1.165, 1.54) is 23.3 Å². The van der Waals surface area contributed by atoms with Gasteiger partial charge in [-0.1, -0.05) is 69.3 Å². The largest absolute Gasteiger partial charge is 0.299 e. The summed E-state index contributed by atoms with van der Waals surface area (Å²) in [7, 11) is 0. The Hall–Kier alpha value is -2.37. The van der Waals surface area contributed by atoms with Crippen LogP contribution in [0.3, 0.4) is 0 Å². The van der Waals surface area contributed by atoms with Crippen LogP contribution in [-0.4, -0.2) is 10.7 Å². The molecular formula is C22H26N2OS2. The van der Waals surface area contributed by atoms with Gasteiger partial charge in [-0.3, -0.25) is 13.8 Å². The molecule has 5 heteroatoms. The minimum Gasteiger partial charge on any atom is -0.299 e. The Balaban J connectivity index is 0.000000246. The van der Waals surface area contributed by atoms with Crippen molar-refractivity contribution in [1.29, 1.82) is 0 Å². The fourth-order valence-electron chi connectivity index (χ4n) is 1.73. The van der Waals surface area contributed by atoms with Crippen LogP contribution in [0.5, 0.6) is 0 Å². The third kappa shape index (κ3) is 10.4. The molecule has 1 heterocycles. The topological polar surface area (TPSA) is 32.3 Å². The lowest BCUT2D eigenvalue weighted by molar-refractivity contribution is -0.107. The van der Waals surface area contributed by atoms with E-state index in [1.54, 1.807) is 11.9 Å². The predicted octanol–water partition coefficient (Wildman–Crippen LogP) is 6.45. The lowest BCUT2D eigenvalue weighted by Gasteiger charge is -2.20. The van der Waals surface area contributed by atoms with Crippen LogP contribution in [0.2, 0.25) is 0 Å². The number of carbonyl (C=O) groups is 1. The van der Waals surface area contributed by atoms with E-state index in [2.05, 4.69) is 41.6 Å². The Labute approximate surface area is 171 Å². The Morgan fingerprint density at radius 1 is 0.963 bits per heavy atom. The maximum Gasteiger partial charge on any atom is 0.217 e. The zero-order chi connectivity index (χ0) is 19.7. The molecule has 0 bridgehead atoms. The summed E-state index contributed by atoms with van der Waals surface area (Å²) in [5.41, 5.74) is 1.00. The molecule has 2 aromatic carbocycles. The van der Waals surface area contributed by atoms with Crippen molar-refractivity contribution < 1.29 is 4.79 Å². The molecule has 2 aromatic rings. The normalized spacial score (nSPS) is 11.6. The van der Waals surface area contributed by atoms with Crippen molar-refractivity contribution >= 4 is 30.3 Å². The molecule has 0 saturated heterocycles. The molecule has 1 aliphatic rings. The van der Waals surface area contributed by atoms with E-state index in [-0.39, 0.29) is 0 Å². The van der Waals surface area contributed by atoms with Crippen molar-refractivity contribution in [2.45, 2.75) is 30.1 Å². The maximum absolute atomic E-state index is 9.85. The zero-order valence-electron chi connectivity index (χ0n) is 15.7. The van der Waals surface area contributed by atoms with Crippen LogP contribution in [-0.2, 0) is 4.79 Å². The molecule has 3 rings (SSSR count). The summed E-state index contributed by atoms with van der Waals surface area (Å²) in [6.07, 6.45) is 9.92. The molecule has 0 aromatic heterocycles. The van der Waals surface area contributed by atoms with Crippen molar-refractivity contribution in [1.82, 2.24) is 9.03 Å². The Bertz CT molecular complexity index is 716. The first kappa shape index (κ1) is 22.7. The summed E-state index contributed by atoms with van der Waals surface area (Å²) >= 11 is 2.97. The number of hydrogen-bond acceptors (Lipinski definition) is 4. The van der Waals surface area contributed by atoms with Gasteiger partial charge in [0, 0.05) is 21.7 Å². The van der Waals surface area contributed by atoms with E-state index < -0.39 is 0 Å². The molecule has 0 saturated carbocycles. The van der Waals surface area contributed by atoms with E-state index in [0.717, 1.165) is 10.6 Å². The average Bonchev–Trinajstić information content (AvgIpc) is 2.71. The summed E-state index contributed by atoms with van der Waals surface area (Å²) in [6.45, 7) is 8.21. The fraction of sp³-hybridized carbons (Fsp3) is 0.136. The molecule has 1 N–H and O–H groups in total. The van der Waals surface area contributed by atoms with Gasteiger partial charge in [0.05, 0.1) is 0 Å². The van der Waals surface area contributed by atoms with E-state index in [9.17, 15) is 4.79 Å². The van der Waals surface area contributed by atoms with Crippen LogP contribution in [0.25, 0.3) is 0 Å². The smallest absolute Gasteiger partial charge is 0.217 e. The summed E-state index contributed by atoms with van der Waals surface area (Å²) in [4.78, 5) is 12.1. The van der Waals surface area contributed by atoms with Gasteiger partial charge in [0.1, 0.15) is 0 Å². The van der Waals surface area contributed by atoms with Gasteiger partial charge in [0.25, 0.3) is 0 Å². The van der Waals surface area contributed by atoms with Gasteiger partial charge in [-0.05, 0) is 60.3 Å². The number of allylic oxidation sites excluding steroid dienone is 3. The first-order chi connectivity index (χ1) is 13.2. The molecule has 0 fully saturated rings. The minimum atomic E-state index is 0.664. The second-order valence-corrected chi connectivity index (χ2v) is 7.24. The van der Waals surface area contributed by atoms with Gasteiger partial charge < -0.3 is 0 Å². The molecule has 27 heavy (non-hydrogen) atoms. The number of carbonyl (C=O) groups excluding carboxylic acids is 1. The lowest BCUT2D eigenvalue weighted by atomic mass is 10.3. The van der Waals surface area contributed by atoms with Gasteiger partial charge in [0.2, 0.25) is 6.41 Å². The predicted molar refractivity (Wildman–Crippen MR) is 119 cm³/mol.